The molecule has 1 aliphatic rings. The molecule has 25 heavy (non-hydrogen) atoms. The van der Waals surface area contributed by atoms with E-state index in [0.717, 1.165) is 5.56 Å². The molecule has 1 aromatic heterocycles. The van der Waals surface area contributed by atoms with Gasteiger partial charge in [-0.2, -0.15) is 9.57 Å². The molecule has 128 valence electrons. The van der Waals surface area contributed by atoms with Crippen molar-refractivity contribution in [3.63, 3.8) is 0 Å². The number of ether oxygens (including phenoxy) is 1. The molecule has 2 aromatic rings. The van der Waals surface area contributed by atoms with Crippen LogP contribution in [0.5, 0.6) is 5.88 Å². The maximum atomic E-state index is 12.4. The third kappa shape index (κ3) is 4.44. The second-order valence-corrected chi connectivity index (χ2v) is 7.46. The molecule has 0 amide bonds. The van der Waals surface area contributed by atoms with Gasteiger partial charge in [0.1, 0.15) is 6.10 Å². The van der Waals surface area contributed by atoms with Crippen molar-refractivity contribution in [2.45, 2.75) is 12.5 Å². The van der Waals surface area contributed by atoms with Gasteiger partial charge in [0, 0.05) is 24.2 Å². The Kier molecular flexibility index (Phi) is 5.12. The van der Waals surface area contributed by atoms with Gasteiger partial charge in [-0.25, -0.2) is 13.4 Å². The smallest absolute Gasteiger partial charge is 0.236 e. The van der Waals surface area contributed by atoms with Gasteiger partial charge in [0.05, 0.1) is 18.2 Å². The lowest BCUT2D eigenvalue weighted by atomic mass is 10.2. The standard InChI is InChI=1S/C18H17N3O3S/c19-13-16-6-9-20-18(12-16)24-17-7-10-21(14-17)25(22,23)11-8-15-4-2-1-3-5-15/h1-6,8-9,11-12,17H,7,10,14H2/b11-8+. The zero-order valence-electron chi connectivity index (χ0n) is 13.4. The van der Waals surface area contributed by atoms with Gasteiger partial charge in [-0.15, -0.1) is 0 Å². The number of aromatic nitrogens is 1. The van der Waals surface area contributed by atoms with E-state index in [1.54, 1.807) is 18.2 Å². The van der Waals surface area contributed by atoms with E-state index in [0.29, 0.717) is 24.4 Å². The van der Waals surface area contributed by atoms with Crippen molar-refractivity contribution >= 4 is 16.1 Å². The van der Waals surface area contributed by atoms with Crippen LogP contribution >= 0.6 is 0 Å². The molecule has 7 heteroatoms. The summed E-state index contributed by atoms with van der Waals surface area (Å²) < 4.78 is 32.0. The summed E-state index contributed by atoms with van der Waals surface area (Å²) in [5.74, 6) is 0.336. The van der Waals surface area contributed by atoms with Gasteiger partial charge in [0.2, 0.25) is 15.9 Å². The summed E-state index contributed by atoms with van der Waals surface area (Å²) in [6, 6.07) is 14.4. The Hall–Kier alpha value is -2.69. The molecule has 1 saturated heterocycles. The maximum Gasteiger partial charge on any atom is 0.236 e. The van der Waals surface area contributed by atoms with E-state index in [1.807, 2.05) is 36.4 Å². The van der Waals surface area contributed by atoms with Crippen LogP contribution in [0, 0.1) is 11.3 Å². The van der Waals surface area contributed by atoms with Gasteiger partial charge in [-0.05, 0) is 24.1 Å². The van der Waals surface area contributed by atoms with Crippen molar-refractivity contribution < 1.29 is 13.2 Å². The van der Waals surface area contributed by atoms with Crippen LogP contribution in [0.15, 0.2) is 54.1 Å². The van der Waals surface area contributed by atoms with Crippen molar-refractivity contribution in [2.24, 2.45) is 0 Å². The second-order valence-electron chi connectivity index (χ2n) is 5.64. The Bertz CT molecular complexity index is 905. The van der Waals surface area contributed by atoms with Crippen LogP contribution in [0.25, 0.3) is 6.08 Å². The summed E-state index contributed by atoms with van der Waals surface area (Å²) in [7, 11) is -3.50. The van der Waals surface area contributed by atoms with Gasteiger partial charge in [0.15, 0.2) is 0 Å². The van der Waals surface area contributed by atoms with Crippen LogP contribution in [0.4, 0.5) is 0 Å². The molecule has 0 N–H and O–H groups in total. The summed E-state index contributed by atoms with van der Waals surface area (Å²) in [4.78, 5) is 4.06. The van der Waals surface area contributed by atoms with Gasteiger partial charge < -0.3 is 4.74 Å². The number of nitriles is 1. The quantitative estimate of drug-likeness (QED) is 0.822. The van der Waals surface area contributed by atoms with Crippen LogP contribution < -0.4 is 4.74 Å². The topological polar surface area (TPSA) is 83.3 Å². The minimum Gasteiger partial charge on any atom is -0.473 e. The molecule has 3 rings (SSSR count). The van der Waals surface area contributed by atoms with Crippen molar-refractivity contribution in [1.29, 1.82) is 5.26 Å². The average molecular weight is 355 g/mol. The minimum absolute atomic E-state index is 0.264. The van der Waals surface area contributed by atoms with E-state index in [-0.39, 0.29) is 12.6 Å². The Labute approximate surface area is 147 Å². The first-order valence-corrected chi connectivity index (χ1v) is 9.33. The van der Waals surface area contributed by atoms with E-state index >= 15 is 0 Å². The Morgan fingerprint density at radius 2 is 2.08 bits per heavy atom. The molecule has 6 nitrogen and oxygen atoms in total. The van der Waals surface area contributed by atoms with Gasteiger partial charge in [0.25, 0.3) is 0 Å². The summed E-state index contributed by atoms with van der Waals surface area (Å²) >= 11 is 0. The molecule has 0 spiro atoms. The molecule has 1 fully saturated rings. The predicted octanol–water partition coefficient (Wildman–Crippen LogP) is 2.41. The van der Waals surface area contributed by atoms with Crippen molar-refractivity contribution in [3.8, 4) is 11.9 Å². The van der Waals surface area contributed by atoms with Crippen LogP contribution in [-0.4, -0.2) is 36.9 Å². The normalized spacial score (nSPS) is 18.3. The number of hydrogen-bond donors (Lipinski definition) is 0. The molecule has 1 unspecified atom stereocenters. The fourth-order valence-electron chi connectivity index (χ4n) is 2.55. The highest BCUT2D eigenvalue weighted by atomic mass is 32.2. The SMILES string of the molecule is N#Cc1ccnc(OC2CCN(S(=O)(=O)/C=C/c3ccccc3)C2)c1. The van der Waals surface area contributed by atoms with Crippen molar-refractivity contribution in [2.75, 3.05) is 13.1 Å². The van der Waals surface area contributed by atoms with Crippen LogP contribution in [0.3, 0.4) is 0 Å². The molecule has 1 atom stereocenters. The second kappa shape index (κ2) is 7.47. The van der Waals surface area contributed by atoms with Gasteiger partial charge >= 0.3 is 0 Å². The molecular formula is C18H17N3O3S. The third-order valence-corrected chi connectivity index (χ3v) is 5.38. The molecule has 2 heterocycles. The van der Waals surface area contributed by atoms with Crippen molar-refractivity contribution in [1.82, 2.24) is 9.29 Å². The summed E-state index contributed by atoms with van der Waals surface area (Å²) in [6.45, 7) is 0.657. The fourth-order valence-corrected chi connectivity index (χ4v) is 3.79. The number of rotatable bonds is 5. The van der Waals surface area contributed by atoms with E-state index in [2.05, 4.69) is 4.98 Å². The lowest BCUT2D eigenvalue weighted by molar-refractivity contribution is 0.207. The van der Waals surface area contributed by atoms with Gasteiger partial charge in [-0.3, -0.25) is 0 Å². The summed E-state index contributed by atoms with van der Waals surface area (Å²) in [6.07, 6.45) is 3.39. The van der Waals surface area contributed by atoms with E-state index < -0.39 is 10.0 Å². The van der Waals surface area contributed by atoms with Gasteiger partial charge in [-0.1, -0.05) is 30.3 Å². The van der Waals surface area contributed by atoms with Crippen LogP contribution in [-0.2, 0) is 10.0 Å². The largest absolute Gasteiger partial charge is 0.473 e. The summed E-state index contributed by atoms with van der Waals surface area (Å²) in [5.41, 5.74) is 1.29. The number of hydrogen-bond acceptors (Lipinski definition) is 5. The highest BCUT2D eigenvalue weighted by Gasteiger charge is 2.31. The van der Waals surface area contributed by atoms with Crippen LogP contribution in [0.2, 0.25) is 0 Å². The van der Waals surface area contributed by atoms with Crippen LogP contribution in [0.1, 0.15) is 17.5 Å². The summed E-state index contributed by atoms with van der Waals surface area (Å²) in [5, 5.41) is 10.1. The first-order valence-electron chi connectivity index (χ1n) is 7.83. The highest BCUT2D eigenvalue weighted by Crippen LogP contribution is 2.20. The zero-order valence-corrected chi connectivity index (χ0v) is 14.3. The number of sulfonamides is 1. The molecular weight excluding hydrogens is 338 g/mol. The Morgan fingerprint density at radius 1 is 1.28 bits per heavy atom. The van der Waals surface area contributed by atoms with E-state index in [4.69, 9.17) is 10.00 Å². The minimum atomic E-state index is -3.50. The lowest BCUT2D eigenvalue weighted by Crippen LogP contribution is -2.29. The first-order chi connectivity index (χ1) is 12.1. The zero-order chi connectivity index (χ0) is 17.7. The van der Waals surface area contributed by atoms with Crippen molar-refractivity contribution in [3.05, 3.63) is 65.2 Å². The Balaban J connectivity index is 1.63. The monoisotopic (exact) mass is 355 g/mol. The molecule has 0 saturated carbocycles. The molecule has 1 aliphatic heterocycles. The Morgan fingerprint density at radius 3 is 2.84 bits per heavy atom. The van der Waals surface area contributed by atoms with E-state index in [9.17, 15) is 8.42 Å². The molecule has 0 bridgehead atoms. The van der Waals surface area contributed by atoms with E-state index in [1.165, 1.54) is 15.9 Å². The average Bonchev–Trinajstić information content (AvgIpc) is 3.10. The predicted molar refractivity (Wildman–Crippen MR) is 94.0 cm³/mol. The third-order valence-electron chi connectivity index (χ3n) is 3.85. The molecule has 1 aromatic carbocycles. The number of nitrogens with zero attached hydrogens (tertiary/aromatic N) is 3. The fraction of sp³-hybridized carbons (Fsp3) is 0.222. The lowest BCUT2D eigenvalue weighted by Gasteiger charge is -2.15. The highest BCUT2D eigenvalue weighted by molar-refractivity contribution is 7.92. The molecule has 0 radical (unpaired) electrons. The number of benzene rings is 1. The number of pyridine rings is 1. The first kappa shape index (κ1) is 17.1. The molecule has 0 aliphatic carbocycles. The maximum absolute atomic E-state index is 12.4.